The van der Waals surface area contributed by atoms with Crippen LogP contribution in [0, 0.1) is 5.92 Å². The van der Waals surface area contributed by atoms with E-state index in [9.17, 15) is 4.79 Å². The van der Waals surface area contributed by atoms with Crippen molar-refractivity contribution in [3.05, 3.63) is 29.6 Å². The van der Waals surface area contributed by atoms with Gasteiger partial charge in [0.15, 0.2) is 0 Å². The summed E-state index contributed by atoms with van der Waals surface area (Å²) in [4.78, 5) is 18.6. The highest BCUT2D eigenvalue weighted by molar-refractivity contribution is 5.92. The highest BCUT2D eigenvalue weighted by Gasteiger charge is 2.21. The molecule has 1 saturated carbocycles. The molecule has 3 nitrogen and oxygen atoms in total. The van der Waals surface area contributed by atoms with Crippen molar-refractivity contribution >= 4 is 5.91 Å². The van der Waals surface area contributed by atoms with Crippen LogP contribution < -0.4 is 0 Å². The normalized spacial score (nSPS) is 20.3. The van der Waals surface area contributed by atoms with Crippen LogP contribution in [-0.4, -0.2) is 28.9 Å². The largest absolute Gasteiger partial charge is 0.337 e. The van der Waals surface area contributed by atoms with Crippen molar-refractivity contribution < 1.29 is 4.79 Å². The molecule has 1 aromatic rings. The van der Waals surface area contributed by atoms with Crippen LogP contribution in [-0.2, 0) is 6.42 Å². The number of hydrogen-bond acceptors (Lipinski definition) is 2. The molecule has 0 spiro atoms. The third kappa shape index (κ3) is 3.20. The number of carbonyl (C=O) groups is 1. The molecular formula is C17H24N2O. The second-order valence-corrected chi connectivity index (χ2v) is 6.26. The SMILES string of the molecule is O=C(c1cc(CC2CCCCC2)ccn1)N1CCCC1. The summed E-state index contributed by atoms with van der Waals surface area (Å²) < 4.78 is 0. The van der Waals surface area contributed by atoms with E-state index in [2.05, 4.69) is 11.1 Å². The molecule has 3 heteroatoms. The van der Waals surface area contributed by atoms with Gasteiger partial charge in [0.2, 0.25) is 0 Å². The molecule has 2 heterocycles. The van der Waals surface area contributed by atoms with Gasteiger partial charge in [0.1, 0.15) is 5.69 Å². The Bertz CT molecular complexity index is 460. The Morgan fingerprint density at radius 3 is 2.65 bits per heavy atom. The molecule has 2 fully saturated rings. The van der Waals surface area contributed by atoms with Crippen LogP contribution in [0.15, 0.2) is 18.3 Å². The minimum atomic E-state index is 0.119. The van der Waals surface area contributed by atoms with E-state index in [1.165, 1.54) is 37.7 Å². The lowest BCUT2D eigenvalue weighted by molar-refractivity contribution is 0.0787. The van der Waals surface area contributed by atoms with E-state index in [4.69, 9.17) is 0 Å². The number of rotatable bonds is 3. The van der Waals surface area contributed by atoms with Crippen LogP contribution >= 0.6 is 0 Å². The van der Waals surface area contributed by atoms with Crippen molar-refractivity contribution in [2.45, 2.75) is 51.4 Å². The number of aromatic nitrogens is 1. The Balaban J connectivity index is 1.67. The average Bonchev–Trinajstić information content (AvgIpc) is 3.02. The summed E-state index contributed by atoms with van der Waals surface area (Å²) in [6, 6.07) is 4.10. The zero-order valence-electron chi connectivity index (χ0n) is 12.2. The molecule has 0 aromatic carbocycles. The zero-order valence-corrected chi connectivity index (χ0v) is 12.2. The minimum Gasteiger partial charge on any atom is -0.337 e. The van der Waals surface area contributed by atoms with Gasteiger partial charge >= 0.3 is 0 Å². The predicted octanol–water partition coefficient (Wildman–Crippen LogP) is 3.44. The first-order valence-corrected chi connectivity index (χ1v) is 8.07. The van der Waals surface area contributed by atoms with Crippen LogP contribution in [0.2, 0.25) is 0 Å². The first-order valence-electron chi connectivity index (χ1n) is 8.07. The van der Waals surface area contributed by atoms with Gasteiger partial charge in [-0.05, 0) is 42.9 Å². The molecule has 108 valence electrons. The molecule has 0 radical (unpaired) electrons. The molecule has 1 aromatic heterocycles. The Kier molecular flexibility index (Phi) is 4.34. The summed E-state index contributed by atoms with van der Waals surface area (Å²) in [5, 5.41) is 0. The van der Waals surface area contributed by atoms with E-state index in [-0.39, 0.29) is 5.91 Å². The molecule has 0 bridgehead atoms. The molecular weight excluding hydrogens is 248 g/mol. The van der Waals surface area contributed by atoms with Gasteiger partial charge in [0, 0.05) is 19.3 Å². The second-order valence-electron chi connectivity index (χ2n) is 6.26. The number of pyridine rings is 1. The Morgan fingerprint density at radius 1 is 1.15 bits per heavy atom. The number of amides is 1. The third-order valence-electron chi connectivity index (χ3n) is 4.69. The van der Waals surface area contributed by atoms with Crippen molar-refractivity contribution in [2.75, 3.05) is 13.1 Å². The van der Waals surface area contributed by atoms with E-state index in [0.717, 1.165) is 38.3 Å². The molecule has 1 aliphatic carbocycles. The van der Waals surface area contributed by atoms with Crippen LogP contribution in [0.5, 0.6) is 0 Å². The van der Waals surface area contributed by atoms with Crippen molar-refractivity contribution in [3.63, 3.8) is 0 Å². The lowest BCUT2D eigenvalue weighted by Gasteiger charge is -2.21. The zero-order chi connectivity index (χ0) is 13.8. The van der Waals surface area contributed by atoms with Crippen LogP contribution in [0.4, 0.5) is 0 Å². The summed E-state index contributed by atoms with van der Waals surface area (Å²) >= 11 is 0. The molecule has 0 N–H and O–H groups in total. The quantitative estimate of drug-likeness (QED) is 0.844. The Labute approximate surface area is 121 Å². The number of carbonyl (C=O) groups excluding carboxylic acids is 1. The molecule has 1 amide bonds. The minimum absolute atomic E-state index is 0.119. The molecule has 20 heavy (non-hydrogen) atoms. The standard InChI is InChI=1S/C17H24N2O/c20-17(19-10-4-5-11-19)16-13-15(8-9-18-16)12-14-6-2-1-3-7-14/h8-9,13-14H,1-7,10-12H2. The fourth-order valence-corrected chi connectivity index (χ4v) is 3.53. The van der Waals surface area contributed by atoms with E-state index in [0.29, 0.717) is 5.69 Å². The van der Waals surface area contributed by atoms with Gasteiger partial charge in [-0.15, -0.1) is 0 Å². The summed E-state index contributed by atoms with van der Waals surface area (Å²) in [5.74, 6) is 0.925. The van der Waals surface area contributed by atoms with Gasteiger partial charge in [0.25, 0.3) is 5.91 Å². The van der Waals surface area contributed by atoms with Crippen molar-refractivity contribution in [3.8, 4) is 0 Å². The van der Waals surface area contributed by atoms with Gasteiger partial charge in [0.05, 0.1) is 0 Å². The smallest absolute Gasteiger partial charge is 0.272 e. The number of likely N-dealkylation sites (tertiary alicyclic amines) is 1. The van der Waals surface area contributed by atoms with Crippen molar-refractivity contribution in [1.29, 1.82) is 0 Å². The summed E-state index contributed by atoms with van der Waals surface area (Å²) in [6.45, 7) is 1.79. The molecule has 2 aliphatic rings. The average molecular weight is 272 g/mol. The van der Waals surface area contributed by atoms with Crippen molar-refractivity contribution in [1.82, 2.24) is 9.88 Å². The lowest BCUT2D eigenvalue weighted by atomic mass is 9.85. The lowest BCUT2D eigenvalue weighted by Crippen LogP contribution is -2.28. The van der Waals surface area contributed by atoms with Crippen LogP contribution in [0.25, 0.3) is 0 Å². The third-order valence-corrected chi connectivity index (χ3v) is 4.69. The van der Waals surface area contributed by atoms with Crippen molar-refractivity contribution in [2.24, 2.45) is 5.92 Å². The summed E-state index contributed by atoms with van der Waals surface area (Å²) in [5.41, 5.74) is 1.93. The molecule has 1 saturated heterocycles. The maximum Gasteiger partial charge on any atom is 0.272 e. The monoisotopic (exact) mass is 272 g/mol. The topological polar surface area (TPSA) is 33.2 Å². The van der Waals surface area contributed by atoms with E-state index in [1.807, 2.05) is 17.2 Å². The van der Waals surface area contributed by atoms with E-state index >= 15 is 0 Å². The van der Waals surface area contributed by atoms with Gasteiger partial charge < -0.3 is 4.90 Å². The highest BCUT2D eigenvalue weighted by Crippen LogP contribution is 2.27. The molecule has 1 aliphatic heterocycles. The fraction of sp³-hybridized carbons (Fsp3) is 0.647. The van der Waals surface area contributed by atoms with Gasteiger partial charge in [-0.3, -0.25) is 9.78 Å². The Hall–Kier alpha value is -1.38. The van der Waals surface area contributed by atoms with Gasteiger partial charge in [-0.25, -0.2) is 0 Å². The van der Waals surface area contributed by atoms with E-state index < -0.39 is 0 Å². The number of hydrogen-bond donors (Lipinski definition) is 0. The van der Waals surface area contributed by atoms with Crippen LogP contribution in [0.1, 0.15) is 61.0 Å². The van der Waals surface area contributed by atoms with Crippen LogP contribution in [0.3, 0.4) is 0 Å². The molecule has 3 rings (SSSR count). The maximum atomic E-state index is 12.4. The maximum absolute atomic E-state index is 12.4. The Morgan fingerprint density at radius 2 is 1.90 bits per heavy atom. The number of nitrogens with zero attached hydrogens (tertiary/aromatic N) is 2. The predicted molar refractivity (Wildman–Crippen MR) is 79.7 cm³/mol. The first kappa shape index (κ1) is 13.6. The van der Waals surface area contributed by atoms with Gasteiger partial charge in [-0.2, -0.15) is 0 Å². The molecule has 0 atom stereocenters. The molecule has 0 unspecified atom stereocenters. The van der Waals surface area contributed by atoms with E-state index in [1.54, 1.807) is 0 Å². The van der Waals surface area contributed by atoms with Gasteiger partial charge in [-0.1, -0.05) is 32.1 Å². The second kappa shape index (κ2) is 6.38. The summed E-state index contributed by atoms with van der Waals surface area (Å²) in [6.07, 6.45) is 12.0. The first-order chi connectivity index (χ1) is 9.83. The summed E-state index contributed by atoms with van der Waals surface area (Å²) in [7, 11) is 0. The highest BCUT2D eigenvalue weighted by atomic mass is 16.2. The fourth-order valence-electron chi connectivity index (χ4n) is 3.53.